The standard InChI is InChI=1S/C19H25N3O5S2/c1-14-18(15(2)27-20-14)12-28-13-19(23)21-8-10-22(11-9-21)29(24,25)17-6-4-16(26-3)5-7-17/h4-7H,8-13H2,1-3H3. The molecule has 2 heterocycles. The van der Waals surface area contributed by atoms with Crippen LogP contribution in [0.15, 0.2) is 33.7 Å². The molecular weight excluding hydrogens is 414 g/mol. The van der Waals surface area contributed by atoms with Crippen molar-refractivity contribution in [2.24, 2.45) is 0 Å². The van der Waals surface area contributed by atoms with Crippen molar-refractivity contribution in [1.82, 2.24) is 14.4 Å². The highest BCUT2D eigenvalue weighted by molar-refractivity contribution is 7.99. The summed E-state index contributed by atoms with van der Waals surface area (Å²) in [5.41, 5.74) is 1.87. The number of carbonyl (C=O) groups is 1. The molecule has 1 aliphatic heterocycles. The Balaban J connectivity index is 1.50. The number of thioether (sulfide) groups is 1. The van der Waals surface area contributed by atoms with Crippen molar-refractivity contribution in [2.45, 2.75) is 24.5 Å². The minimum atomic E-state index is -3.58. The number of ether oxygens (including phenoxy) is 1. The normalized spacial score (nSPS) is 15.5. The first-order valence-corrected chi connectivity index (χ1v) is 11.8. The summed E-state index contributed by atoms with van der Waals surface area (Å²) in [4.78, 5) is 14.4. The zero-order valence-corrected chi connectivity index (χ0v) is 18.4. The van der Waals surface area contributed by atoms with E-state index >= 15 is 0 Å². The van der Waals surface area contributed by atoms with Crippen LogP contribution in [-0.4, -0.2) is 67.7 Å². The van der Waals surface area contributed by atoms with Crippen molar-refractivity contribution in [3.63, 3.8) is 0 Å². The first kappa shape index (κ1) is 21.7. The van der Waals surface area contributed by atoms with Gasteiger partial charge in [-0.25, -0.2) is 8.42 Å². The van der Waals surface area contributed by atoms with Crippen LogP contribution in [0, 0.1) is 13.8 Å². The summed E-state index contributed by atoms with van der Waals surface area (Å²) in [6.45, 7) is 5.10. The Hall–Kier alpha value is -2.04. The number of carbonyl (C=O) groups excluding carboxylic acids is 1. The molecular formula is C19H25N3O5S2. The number of aryl methyl sites for hydroxylation is 2. The molecule has 1 saturated heterocycles. The third-order valence-electron chi connectivity index (χ3n) is 4.94. The molecule has 2 aromatic rings. The van der Waals surface area contributed by atoms with Crippen LogP contribution in [0.5, 0.6) is 5.75 Å². The third kappa shape index (κ3) is 4.93. The van der Waals surface area contributed by atoms with Crippen LogP contribution in [0.2, 0.25) is 0 Å². The fraction of sp³-hybridized carbons (Fsp3) is 0.474. The molecule has 1 aromatic carbocycles. The van der Waals surface area contributed by atoms with Crippen LogP contribution in [0.25, 0.3) is 0 Å². The molecule has 158 valence electrons. The quantitative estimate of drug-likeness (QED) is 0.652. The van der Waals surface area contributed by atoms with Crippen LogP contribution in [-0.2, 0) is 20.6 Å². The molecule has 0 N–H and O–H groups in total. The molecule has 1 fully saturated rings. The van der Waals surface area contributed by atoms with Gasteiger partial charge in [0.1, 0.15) is 11.5 Å². The molecule has 0 saturated carbocycles. The summed E-state index contributed by atoms with van der Waals surface area (Å²) < 4.78 is 37.2. The lowest BCUT2D eigenvalue weighted by Gasteiger charge is -2.34. The topological polar surface area (TPSA) is 93.0 Å². The van der Waals surface area contributed by atoms with Gasteiger partial charge in [0.05, 0.1) is 23.5 Å². The fourth-order valence-corrected chi connectivity index (χ4v) is 5.61. The molecule has 0 spiro atoms. The number of rotatable bonds is 7. The second-order valence-electron chi connectivity index (χ2n) is 6.76. The molecule has 1 aromatic heterocycles. The fourth-order valence-electron chi connectivity index (χ4n) is 3.11. The van der Waals surface area contributed by atoms with Gasteiger partial charge in [-0.3, -0.25) is 4.79 Å². The number of aromatic nitrogens is 1. The Bertz CT molecular complexity index is 929. The van der Waals surface area contributed by atoms with E-state index in [1.54, 1.807) is 17.0 Å². The van der Waals surface area contributed by atoms with Crippen molar-refractivity contribution < 1.29 is 22.5 Å². The molecule has 1 aliphatic rings. The van der Waals surface area contributed by atoms with E-state index in [0.29, 0.717) is 30.3 Å². The molecule has 29 heavy (non-hydrogen) atoms. The molecule has 10 heteroatoms. The maximum Gasteiger partial charge on any atom is 0.243 e. The lowest BCUT2D eigenvalue weighted by atomic mass is 10.2. The summed E-state index contributed by atoms with van der Waals surface area (Å²) in [5.74, 6) is 2.41. The highest BCUT2D eigenvalue weighted by Gasteiger charge is 2.30. The predicted octanol–water partition coefficient (Wildman–Crippen LogP) is 2.07. The van der Waals surface area contributed by atoms with Crippen LogP contribution in [0.4, 0.5) is 0 Å². The zero-order chi connectivity index (χ0) is 21.0. The van der Waals surface area contributed by atoms with Crippen LogP contribution in [0.3, 0.4) is 0 Å². The van der Waals surface area contributed by atoms with Gasteiger partial charge < -0.3 is 14.2 Å². The van der Waals surface area contributed by atoms with Gasteiger partial charge in [-0.05, 0) is 38.1 Å². The lowest BCUT2D eigenvalue weighted by Crippen LogP contribution is -2.50. The smallest absolute Gasteiger partial charge is 0.243 e. The van der Waals surface area contributed by atoms with Crippen LogP contribution in [0.1, 0.15) is 17.0 Å². The number of piperazine rings is 1. The van der Waals surface area contributed by atoms with Gasteiger partial charge in [-0.15, -0.1) is 11.8 Å². The minimum absolute atomic E-state index is 0.0169. The Labute approximate surface area is 175 Å². The van der Waals surface area contributed by atoms with E-state index in [4.69, 9.17) is 9.26 Å². The summed E-state index contributed by atoms with van der Waals surface area (Å²) in [6.07, 6.45) is 0. The molecule has 0 atom stereocenters. The number of hydrogen-bond donors (Lipinski definition) is 0. The van der Waals surface area contributed by atoms with E-state index in [9.17, 15) is 13.2 Å². The maximum atomic E-state index is 12.8. The first-order chi connectivity index (χ1) is 13.8. The Kier molecular flexibility index (Phi) is 6.86. The summed E-state index contributed by atoms with van der Waals surface area (Å²) in [6, 6.07) is 6.33. The molecule has 3 rings (SSSR count). The number of sulfonamides is 1. The van der Waals surface area contributed by atoms with Crippen LogP contribution < -0.4 is 4.74 Å². The molecule has 8 nitrogen and oxygen atoms in total. The van der Waals surface area contributed by atoms with Crippen molar-refractivity contribution in [3.8, 4) is 5.75 Å². The van der Waals surface area contributed by atoms with Crippen molar-refractivity contribution in [2.75, 3.05) is 39.0 Å². The number of amides is 1. The average Bonchev–Trinajstić information content (AvgIpc) is 3.06. The third-order valence-corrected chi connectivity index (χ3v) is 7.80. The SMILES string of the molecule is COc1ccc(S(=O)(=O)N2CCN(C(=O)CSCc3c(C)noc3C)CC2)cc1. The second-order valence-corrected chi connectivity index (χ2v) is 9.68. The van der Waals surface area contributed by atoms with Gasteiger partial charge in [-0.2, -0.15) is 4.31 Å². The number of benzene rings is 1. The molecule has 0 bridgehead atoms. The van der Waals surface area contributed by atoms with Crippen molar-refractivity contribution in [3.05, 3.63) is 41.3 Å². The number of hydrogen-bond acceptors (Lipinski definition) is 7. The van der Waals surface area contributed by atoms with E-state index in [-0.39, 0.29) is 23.9 Å². The molecule has 0 unspecified atom stereocenters. The monoisotopic (exact) mass is 439 g/mol. The molecule has 0 aliphatic carbocycles. The van der Waals surface area contributed by atoms with Gasteiger partial charge >= 0.3 is 0 Å². The van der Waals surface area contributed by atoms with Crippen LogP contribution >= 0.6 is 11.8 Å². The molecule has 0 radical (unpaired) electrons. The van der Waals surface area contributed by atoms with Gasteiger partial charge in [0.15, 0.2) is 0 Å². The van der Waals surface area contributed by atoms with Gasteiger partial charge in [0.2, 0.25) is 15.9 Å². The summed E-state index contributed by atoms with van der Waals surface area (Å²) in [5, 5.41) is 3.92. The van der Waals surface area contributed by atoms with E-state index in [1.807, 2.05) is 13.8 Å². The maximum absolute atomic E-state index is 12.8. The zero-order valence-electron chi connectivity index (χ0n) is 16.8. The Morgan fingerprint density at radius 3 is 2.38 bits per heavy atom. The van der Waals surface area contributed by atoms with E-state index < -0.39 is 10.0 Å². The highest BCUT2D eigenvalue weighted by Crippen LogP contribution is 2.22. The largest absolute Gasteiger partial charge is 0.497 e. The Morgan fingerprint density at radius 1 is 1.17 bits per heavy atom. The highest BCUT2D eigenvalue weighted by atomic mass is 32.2. The van der Waals surface area contributed by atoms with Crippen molar-refractivity contribution in [1.29, 1.82) is 0 Å². The van der Waals surface area contributed by atoms with Gasteiger partial charge in [0, 0.05) is 37.5 Å². The van der Waals surface area contributed by atoms with Crippen molar-refractivity contribution >= 4 is 27.7 Å². The number of methoxy groups -OCH3 is 1. The molecule has 1 amide bonds. The first-order valence-electron chi connectivity index (χ1n) is 9.24. The van der Waals surface area contributed by atoms with E-state index in [2.05, 4.69) is 5.16 Å². The van der Waals surface area contributed by atoms with E-state index in [0.717, 1.165) is 17.0 Å². The summed E-state index contributed by atoms with van der Waals surface area (Å²) in [7, 11) is -2.04. The van der Waals surface area contributed by atoms with Gasteiger partial charge in [0.25, 0.3) is 0 Å². The second kappa shape index (κ2) is 9.19. The van der Waals surface area contributed by atoms with Gasteiger partial charge in [-0.1, -0.05) is 5.16 Å². The summed E-state index contributed by atoms with van der Waals surface area (Å²) >= 11 is 1.51. The predicted molar refractivity (Wildman–Crippen MR) is 110 cm³/mol. The minimum Gasteiger partial charge on any atom is -0.497 e. The Morgan fingerprint density at radius 2 is 1.83 bits per heavy atom. The lowest BCUT2D eigenvalue weighted by molar-refractivity contribution is -0.129. The number of nitrogens with zero attached hydrogens (tertiary/aromatic N) is 3. The average molecular weight is 440 g/mol. The van der Waals surface area contributed by atoms with E-state index in [1.165, 1.54) is 35.3 Å².